The average molecular weight is 431 g/mol. The lowest BCUT2D eigenvalue weighted by Crippen LogP contribution is -2.26. The van der Waals surface area contributed by atoms with E-state index in [0.717, 1.165) is 28.3 Å². The summed E-state index contributed by atoms with van der Waals surface area (Å²) in [6.07, 6.45) is 0. The third-order valence-corrected chi connectivity index (χ3v) is 5.17. The van der Waals surface area contributed by atoms with Crippen LogP contribution in [0.25, 0.3) is 11.4 Å². The van der Waals surface area contributed by atoms with E-state index in [4.69, 9.17) is 9.26 Å². The van der Waals surface area contributed by atoms with E-state index < -0.39 is 0 Å². The lowest BCUT2D eigenvalue weighted by atomic mass is 10.1. The van der Waals surface area contributed by atoms with Crippen molar-refractivity contribution in [2.24, 2.45) is 0 Å². The summed E-state index contributed by atoms with van der Waals surface area (Å²) in [5.74, 6) is 1.47. The first-order valence-corrected chi connectivity index (χ1v) is 10.3. The minimum absolute atomic E-state index is 0.119. The molecule has 0 aliphatic carbocycles. The van der Waals surface area contributed by atoms with Crippen molar-refractivity contribution < 1.29 is 14.1 Å². The smallest absolute Gasteiger partial charge is 0.254 e. The van der Waals surface area contributed by atoms with Crippen LogP contribution in [0.5, 0.6) is 5.75 Å². The van der Waals surface area contributed by atoms with Gasteiger partial charge in [0.2, 0.25) is 11.7 Å². The number of aryl methyl sites for hydroxylation is 2. The molecule has 0 radical (unpaired) electrons. The van der Waals surface area contributed by atoms with Crippen LogP contribution in [-0.2, 0) is 13.1 Å². The Kier molecular flexibility index (Phi) is 6.02. The summed E-state index contributed by atoms with van der Waals surface area (Å²) in [6, 6.07) is 17.0. The van der Waals surface area contributed by atoms with Gasteiger partial charge in [-0.05, 0) is 61.9 Å². The molecular weight excluding hydrogens is 406 g/mol. The van der Waals surface area contributed by atoms with Crippen LogP contribution in [0.1, 0.15) is 33.2 Å². The molecule has 2 aromatic carbocycles. The van der Waals surface area contributed by atoms with Crippen molar-refractivity contribution in [2.75, 3.05) is 14.2 Å². The molecular formula is C24H25N5O3. The first-order chi connectivity index (χ1) is 15.4. The first kappa shape index (κ1) is 21.3. The van der Waals surface area contributed by atoms with Gasteiger partial charge in [0.1, 0.15) is 5.75 Å². The highest BCUT2D eigenvalue weighted by Crippen LogP contribution is 2.20. The maximum atomic E-state index is 12.8. The van der Waals surface area contributed by atoms with Crippen LogP contribution >= 0.6 is 0 Å². The number of benzene rings is 2. The molecule has 1 amide bonds. The normalized spacial score (nSPS) is 10.9. The van der Waals surface area contributed by atoms with E-state index in [9.17, 15) is 4.79 Å². The third kappa shape index (κ3) is 4.69. The number of aromatic nitrogens is 4. The van der Waals surface area contributed by atoms with Crippen LogP contribution in [0.3, 0.4) is 0 Å². The van der Waals surface area contributed by atoms with Gasteiger partial charge in [0, 0.05) is 23.9 Å². The highest BCUT2D eigenvalue weighted by Gasteiger charge is 2.16. The summed E-state index contributed by atoms with van der Waals surface area (Å²) >= 11 is 0. The predicted octanol–water partition coefficient (Wildman–Crippen LogP) is 3.88. The van der Waals surface area contributed by atoms with Gasteiger partial charge >= 0.3 is 0 Å². The monoisotopic (exact) mass is 431 g/mol. The third-order valence-electron chi connectivity index (χ3n) is 5.17. The standard InChI is InChI=1S/C24H25N5O3/c1-16-13-17(2)29(26-16)14-18-5-7-20(8-6-18)24(30)28(3)15-22-25-23(27-32-22)19-9-11-21(31-4)12-10-19/h5-13H,14-15H2,1-4H3. The molecule has 0 N–H and O–H groups in total. The first-order valence-electron chi connectivity index (χ1n) is 10.3. The molecule has 4 rings (SSSR count). The fourth-order valence-corrected chi connectivity index (χ4v) is 3.43. The Morgan fingerprint density at radius 1 is 1.09 bits per heavy atom. The molecule has 8 heteroatoms. The van der Waals surface area contributed by atoms with Crippen molar-refractivity contribution in [2.45, 2.75) is 26.9 Å². The maximum absolute atomic E-state index is 12.8. The zero-order valence-corrected chi connectivity index (χ0v) is 18.6. The van der Waals surface area contributed by atoms with Crippen molar-refractivity contribution in [3.8, 4) is 17.1 Å². The molecule has 8 nitrogen and oxygen atoms in total. The van der Waals surface area contributed by atoms with Gasteiger partial charge in [0.05, 0.1) is 25.9 Å². The SMILES string of the molecule is COc1ccc(-c2noc(CN(C)C(=O)c3ccc(Cn4nc(C)cc4C)cc3)n2)cc1. The average Bonchev–Trinajstić information content (AvgIpc) is 3.39. The lowest BCUT2D eigenvalue weighted by Gasteiger charge is -2.15. The molecule has 0 aliphatic heterocycles. The van der Waals surface area contributed by atoms with E-state index in [0.29, 0.717) is 23.8 Å². The summed E-state index contributed by atoms with van der Waals surface area (Å²) in [6.45, 7) is 4.89. The molecule has 0 atom stereocenters. The predicted molar refractivity (Wildman–Crippen MR) is 119 cm³/mol. The van der Waals surface area contributed by atoms with E-state index in [-0.39, 0.29) is 12.5 Å². The largest absolute Gasteiger partial charge is 0.497 e. The molecule has 0 saturated carbocycles. The Balaban J connectivity index is 1.39. The summed E-state index contributed by atoms with van der Waals surface area (Å²) < 4.78 is 12.4. The molecule has 0 saturated heterocycles. The molecule has 0 bridgehead atoms. The molecule has 164 valence electrons. The van der Waals surface area contributed by atoms with Gasteiger partial charge in [-0.25, -0.2) is 0 Å². The van der Waals surface area contributed by atoms with Crippen LogP contribution in [0, 0.1) is 13.8 Å². The number of rotatable bonds is 7. The van der Waals surface area contributed by atoms with Gasteiger partial charge in [-0.3, -0.25) is 9.48 Å². The highest BCUT2D eigenvalue weighted by molar-refractivity contribution is 5.94. The second kappa shape index (κ2) is 9.05. The van der Waals surface area contributed by atoms with Crippen molar-refractivity contribution in [3.63, 3.8) is 0 Å². The maximum Gasteiger partial charge on any atom is 0.254 e. The molecule has 2 heterocycles. The lowest BCUT2D eigenvalue weighted by molar-refractivity contribution is 0.0769. The second-order valence-corrected chi connectivity index (χ2v) is 7.68. The topological polar surface area (TPSA) is 86.3 Å². The number of carbonyl (C=O) groups excluding carboxylic acids is 1. The summed E-state index contributed by atoms with van der Waals surface area (Å²) in [7, 11) is 3.33. The number of ether oxygens (including phenoxy) is 1. The van der Waals surface area contributed by atoms with Crippen LogP contribution in [0.15, 0.2) is 59.1 Å². The molecule has 2 aromatic heterocycles. The van der Waals surface area contributed by atoms with Crippen molar-refractivity contribution in [1.29, 1.82) is 0 Å². The Hall–Kier alpha value is -3.94. The van der Waals surface area contributed by atoms with Crippen molar-refractivity contribution >= 4 is 5.91 Å². The van der Waals surface area contributed by atoms with Crippen LogP contribution in [0.2, 0.25) is 0 Å². The molecule has 32 heavy (non-hydrogen) atoms. The minimum atomic E-state index is -0.119. The Labute approximate surface area is 186 Å². The van der Waals surface area contributed by atoms with E-state index in [1.807, 2.05) is 73.1 Å². The number of amides is 1. The van der Waals surface area contributed by atoms with Gasteiger partial charge in [-0.15, -0.1) is 0 Å². The molecule has 0 spiro atoms. The second-order valence-electron chi connectivity index (χ2n) is 7.68. The number of nitrogens with zero attached hydrogens (tertiary/aromatic N) is 5. The Bertz CT molecular complexity index is 1210. The summed E-state index contributed by atoms with van der Waals surface area (Å²) in [5.41, 5.74) is 4.59. The Morgan fingerprint density at radius 2 is 1.81 bits per heavy atom. The zero-order valence-electron chi connectivity index (χ0n) is 18.6. The van der Waals surface area contributed by atoms with Gasteiger partial charge < -0.3 is 14.2 Å². The molecule has 0 unspecified atom stereocenters. The van der Waals surface area contributed by atoms with Crippen LogP contribution < -0.4 is 4.74 Å². The molecule has 4 aromatic rings. The number of hydrogen-bond acceptors (Lipinski definition) is 6. The van der Waals surface area contributed by atoms with Gasteiger partial charge in [0.25, 0.3) is 5.91 Å². The van der Waals surface area contributed by atoms with E-state index in [2.05, 4.69) is 15.2 Å². The zero-order chi connectivity index (χ0) is 22.7. The van der Waals surface area contributed by atoms with Gasteiger partial charge in [-0.2, -0.15) is 10.1 Å². The fourth-order valence-electron chi connectivity index (χ4n) is 3.43. The Morgan fingerprint density at radius 3 is 2.44 bits per heavy atom. The van der Waals surface area contributed by atoms with Gasteiger partial charge in [0.15, 0.2) is 0 Å². The number of methoxy groups -OCH3 is 1. The molecule has 0 fully saturated rings. The number of carbonyl (C=O) groups is 1. The summed E-state index contributed by atoms with van der Waals surface area (Å²) in [4.78, 5) is 18.8. The summed E-state index contributed by atoms with van der Waals surface area (Å²) in [5, 5.41) is 8.50. The van der Waals surface area contributed by atoms with E-state index >= 15 is 0 Å². The molecule has 0 aliphatic rings. The fraction of sp³-hybridized carbons (Fsp3) is 0.250. The number of hydrogen-bond donors (Lipinski definition) is 0. The quantitative estimate of drug-likeness (QED) is 0.441. The highest BCUT2D eigenvalue weighted by atomic mass is 16.5. The minimum Gasteiger partial charge on any atom is -0.497 e. The van der Waals surface area contributed by atoms with Crippen molar-refractivity contribution in [1.82, 2.24) is 24.8 Å². The van der Waals surface area contributed by atoms with E-state index in [1.165, 1.54) is 0 Å². The van der Waals surface area contributed by atoms with E-state index in [1.54, 1.807) is 19.1 Å². The van der Waals surface area contributed by atoms with Crippen LogP contribution in [-0.4, -0.2) is 44.9 Å². The van der Waals surface area contributed by atoms with Gasteiger partial charge in [-0.1, -0.05) is 17.3 Å². The van der Waals surface area contributed by atoms with Crippen LogP contribution in [0.4, 0.5) is 0 Å². The van der Waals surface area contributed by atoms with Crippen molar-refractivity contribution in [3.05, 3.63) is 83.0 Å².